The molecule has 1 saturated heterocycles. The van der Waals surface area contributed by atoms with Crippen molar-refractivity contribution in [3.8, 4) is 22.8 Å². The molecule has 226 valence electrons. The molecule has 1 aliphatic heterocycles. The molecule has 2 aromatic carbocycles. The van der Waals surface area contributed by atoms with Crippen LogP contribution in [0.1, 0.15) is 45.1 Å². The highest BCUT2D eigenvalue weighted by Gasteiger charge is 2.30. The number of carbonyl (C=O) groups is 2. The molecule has 1 aliphatic rings. The molecule has 2 amide bonds. The van der Waals surface area contributed by atoms with Crippen LogP contribution in [0.15, 0.2) is 45.6 Å². The minimum absolute atomic E-state index is 0.0203. The molecule has 0 saturated carbocycles. The van der Waals surface area contributed by atoms with E-state index in [9.17, 15) is 19.5 Å². The fourth-order valence-electron chi connectivity index (χ4n) is 4.87. The first kappa shape index (κ1) is 31.2. The molecule has 3 aromatic rings. The molecule has 1 aromatic heterocycles. The number of carbonyl (C=O) groups excluding carboxylic acids is 2. The molecule has 0 aliphatic carbocycles. The lowest BCUT2D eigenvalue weighted by Gasteiger charge is -2.30. The van der Waals surface area contributed by atoms with Gasteiger partial charge in [0.1, 0.15) is 33.8 Å². The van der Waals surface area contributed by atoms with Crippen LogP contribution in [0.5, 0.6) is 11.5 Å². The van der Waals surface area contributed by atoms with Crippen LogP contribution >= 0.6 is 11.6 Å². The molecule has 1 fully saturated rings. The number of fused-ring (bicyclic) bond motifs is 1. The number of benzene rings is 2. The summed E-state index contributed by atoms with van der Waals surface area (Å²) in [6.45, 7) is 7.32. The third kappa shape index (κ3) is 7.17. The Balaban J connectivity index is 1.69. The van der Waals surface area contributed by atoms with Gasteiger partial charge in [-0.15, -0.1) is 0 Å². The van der Waals surface area contributed by atoms with E-state index in [4.69, 9.17) is 25.5 Å². The van der Waals surface area contributed by atoms with E-state index >= 15 is 0 Å². The van der Waals surface area contributed by atoms with Gasteiger partial charge in [0.15, 0.2) is 5.43 Å². The molecule has 10 nitrogen and oxygen atoms in total. The maximum Gasteiger partial charge on any atom is 0.415 e. The van der Waals surface area contributed by atoms with Crippen LogP contribution in [-0.2, 0) is 4.74 Å². The molecule has 42 heavy (non-hydrogen) atoms. The predicted octanol–water partition coefficient (Wildman–Crippen LogP) is 5.93. The number of halogens is 1. The Morgan fingerprint density at radius 2 is 1.69 bits per heavy atom. The second kappa shape index (κ2) is 12.6. The first-order valence-corrected chi connectivity index (χ1v) is 14.3. The summed E-state index contributed by atoms with van der Waals surface area (Å²) in [5, 5.41) is 11.4. The summed E-state index contributed by atoms with van der Waals surface area (Å²) in [7, 11) is 5.17. The van der Waals surface area contributed by atoms with E-state index in [2.05, 4.69) is 4.90 Å². The molecule has 0 unspecified atom stereocenters. The highest BCUT2D eigenvalue weighted by Crippen LogP contribution is 2.43. The highest BCUT2D eigenvalue weighted by molar-refractivity contribution is 6.33. The van der Waals surface area contributed by atoms with Gasteiger partial charge in [0.2, 0.25) is 0 Å². The van der Waals surface area contributed by atoms with Crippen LogP contribution in [0.3, 0.4) is 0 Å². The van der Waals surface area contributed by atoms with E-state index in [0.717, 1.165) is 25.9 Å². The van der Waals surface area contributed by atoms with Crippen molar-refractivity contribution in [1.29, 1.82) is 0 Å². The lowest BCUT2D eigenvalue weighted by atomic mass is 9.87. The van der Waals surface area contributed by atoms with Crippen LogP contribution < -0.4 is 10.2 Å². The maximum absolute atomic E-state index is 13.3. The average Bonchev–Trinajstić information content (AvgIpc) is 2.91. The van der Waals surface area contributed by atoms with Gasteiger partial charge in [-0.25, -0.2) is 9.59 Å². The van der Waals surface area contributed by atoms with E-state index in [1.165, 1.54) is 21.9 Å². The van der Waals surface area contributed by atoms with Crippen LogP contribution in [0, 0.1) is 0 Å². The number of nitrogens with zero attached hydrogens (tertiary/aromatic N) is 3. The van der Waals surface area contributed by atoms with Crippen molar-refractivity contribution in [2.75, 3.05) is 47.3 Å². The molecule has 0 bridgehead atoms. The number of hydrogen-bond donors (Lipinski definition) is 1. The summed E-state index contributed by atoms with van der Waals surface area (Å²) in [5.74, 6) is -0.0830. The molecule has 2 heterocycles. The largest absolute Gasteiger partial charge is 0.507 e. The molecule has 4 rings (SSSR count). The van der Waals surface area contributed by atoms with Crippen LogP contribution in [0.2, 0.25) is 5.02 Å². The van der Waals surface area contributed by atoms with Gasteiger partial charge in [-0.1, -0.05) is 23.7 Å². The number of piperidine rings is 1. The van der Waals surface area contributed by atoms with Crippen molar-refractivity contribution in [2.24, 2.45) is 0 Å². The van der Waals surface area contributed by atoms with Gasteiger partial charge in [-0.3, -0.25) is 4.79 Å². The normalized spacial score (nSPS) is 14.5. The number of aromatic hydroxyl groups is 1. The molecular formula is C31H38ClN3O7. The van der Waals surface area contributed by atoms with E-state index in [1.807, 2.05) is 7.05 Å². The third-order valence-corrected chi connectivity index (χ3v) is 7.56. The van der Waals surface area contributed by atoms with Gasteiger partial charge in [0, 0.05) is 50.4 Å². The minimum Gasteiger partial charge on any atom is -0.507 e. The third-order valence-electron chi connectivity index (χ3n) is 7.23. The number of hydrogen-bond acceptors (Lipinski definition) is 8. The van der Waals surface area contributed by atoms with Gasteiger partial charge in [-0.2, -0.15) is 0 Å². The van der Waals surface area contributed by atoms with Crippen molar-refractivity contribution in [1.82, 2.24) is 14.7 Å². The van der Waals surface area contributed by atoms with Crippen molar-refractivity contribution in [3.05, 3.63) is 57.2 Å². The number of rotatable bonds is 6. The quantitative estimate of drug-likeness (QED) is 0.371. The Bertz CT molecular complexity index is 1520. The SMILES string of the molecule is CN1CCC(c2c(OC(=O)N(C)CCN(C)C(=O)OC(C)(C)C)cc(O)c3c(=O)cc(-c4ccccc4Cl)oc23)CC1. The zero-order valence-electron chi connectivity index (χ0n) is 24.9. The van der Waals surface area contributed by atoms with Gasteiger partial charge in [-0.05, 0) is 71.8 Å². The first-order valence-electron chi connectivity index (χ1n) is 13.9. The van der Waals surface area contributed by atoms with E-state index in [0.29, 0.717) is 16.1 Å². The average molecular weight is 600 g/mol. The molecular weight excluding hydrogens is 562 g/mol. The fraction of sp³-hybridized carbons (Fsp3) is 0.452. The number of likely N-dealkylation sites (N-methyl/N-ethyl adjacent to an activating group) is 2. The fourth-order valence-corrected chi connectivity index (χ4v) is 5.10. The van der Waals surface area contributed by atoms with Crippen LogP contribution in [-0.4, -0.2) is 84.9 Å². The summed E-state index contributed by atoms with van der Waals surface area (Å²) in [6.07, 6.45) is 0.275. The standard InChI is InChI=1S/C31H38ClN3O7/c1-31(2,3)42-30(39)35(6)16-15-34(5)29(38)41-25-18-23(37)27-22(36)17-24(20-9-7-8-10-21(20)32)40-28(27)26(25)19-11-13-33(4)14-12-19/h7-10,17-19,37H,11-16H2,1-6H3. The van der Waals surface area contributed by atoms with Gasteiger partial charge in [0.05, 0.1) is 5.02 Å². The lowest BCUT2D eigenvalue weighted by molar-refractivity contribution is 0.0287. The smallest absolute Gasteiger partial charge is 0.415 e. The van der Waals surface area contributed by atoms with Crippen molar-refractivity contribution in [2.45, 2.75) is 45.1 Å². The number of phenolic OH excluding ortho intramolecular Hbond substituents is 1. The summed E-state index contributed by atoms with van der Waals surface area (Å²) < 4.78 is 17.5. The van der Waals surface area contributed by atoms with Crippen molar-refractivity contribution >= 4 is 34.8 Å². The van der Waals surface area contributed by atoms with Crippen LogP contribution in [0.25, 0.3) is 22.3 Å². The number of amides is 2. The zero-order chi connectivity index (χ0) is 30.8. The van der Waals surface area contributed by atoms with E-state index in [-0.39, 0.29) is 47.2 Å². The number of phenols is 1. The van der Waals surface area contributed by atoms with E-state index in [1.54, 1.807) is 59.1 Å². The Morgan fingerprint density at radius 3 is 2.31 bits per heavy atom. The second-order valence-corrected chi connectivity index (χ2v) is 12.1. The summed E-state index contributed by atoms with van der Waals surface area (Å²) in [5.41, 5.74) is 0.178. The molecule has 0 spiro atoms. The van der Waals surface area contributed by atoms with Crippen LogP contribution in [0.4, 0.5) is 9.59 Å². The lowest BCUT2D eigenvalue weighted by Crippen LogP contribution is -2.40. The summed E-state index contributed by atoms with van der Waals surface area (Å²) >= 11 is 6.41. The first-order chi connectivity index (χ1) is 19.7. The Morgan fingerprint density at radius 1 is 1.07 bits per heavy atom. The molecule has 11 heteroatoms. The minimum atomic E-state index is -0.690. The number of likely N-dealkylation sites (tertiary alicyclic amines) is 1. The van der Waals surface area contributed by atoms with Gasteiger partial charge in [0.25, 0.3) is 0 Å². The second-order valence-electron chi connectivity index (χ2n) is 11.7. The Labute approximate surface area is 250 Å². The molecule has 1 N–H and O–H groups in total. The van der Waals surface area contributed by atoms with Crippen molar-refractivity contribution in [3.63, 3.8) is 0 Å². The van der Waals surface area contributed by atoms with Gasteiger partial charge >= 0.3 is 12.2 Å². The molecule has 0 radical (unpaired) electrons. The zero-order valence-corrected chi connectivity index (χ0v) is 25.7. The summed E-state index contributed by atoms with van der Waals surface area (Å²) in [6, 6.07) is 9.62. The summed E-state index contributed by atoms with van der Waals surface area (Å²) in [4.78, 5) is 43.7. The Kier molecular flexibility index (Phi) is 9.37. The predicted molar refractivity (Wildman–Crippen MR) is 162 cm³/mol. The monoisotopic (exact) mass is 599 g/mol. The van der Waals surface area contributed by atoms with E-state index < -0.39 is 23.2 Å². The topological polar surface area (TPSA) is 113 Å². The van der Waals surface area contributed by atoms with Gasteiger partial charge < -0.3 is 33.7 Å². The number of ether oxygens (including phenoxy) is 2. The Hall–Kier alpha value is -3.76. The molecule has 0 atom stereocenters. The highest BCUT2D eigenvalue weighted by atomic mass is 35.5. The van der Waals surface area contributed by atoms with Crippen molar-refractivity contribution < 1.29 is 28.6 Å². The maximum atomic E-state index is 13.3.